The Morgan fingerprint density at radius 1 is 1.31 bits per heavy atom. The van der Waals surface area contributed by atoms with Crippen molar-refractivity contribution in [3.63, 3.8) is 0 Å². The number of carbonyl (C=O) groups excluding carboxylic acids is 1. The van der Waals surface area contributed by atoms with E-state index < -0.39 is 10.0 Å². The first-order valence-corrected chi connectivity index (χ1v) is 10.3. The molecule has 6 nitrogen and oxygen atoms in total. The Morgan fingerprint density at radius 3 is 2.77 bits per heavy atom. The van der Waals surface area contributed by atoms with Crippen LogP contribution in [0.1, 0.15) is 31.2 Å². The number of hydrogen-bond donors (Lipinski definition) is 2. The van der Waals surface area contributed by atoms with Crippen LogP contribution in [-0.2, 0) is 21.4 Å². The fourth-order valence-corrected chi connectivity index (χ4v) is 5.26. The molecule has 0 spiro atoms. The maximum absolute atomic E-state index is 13.0. The second-order valence-electron chi connectivity index (χ2n) is 7.31. The van der Waals surface area contributed by atoms with Gasteiger partial charge in [-0.15, -0.1) is 12.4 Å². The number of benzene rings is 1. The van der Waals surface area contributed by atoms with Crippen LogP contribution in [0.2, 0.25) is 0 Å². The molecular weight excluding hydrogens is 374 g/mol. The number of nitrogens with zero attached hydrogens (tertiary/aromatic N) is 1. The highest BCUT2D eigenvalue weighted by molar-refractivity contribution is 7.89. The van der Waals surface area contributed by atoms with Crippen molar-refractivity contribution in [2.24, 2.45) is 11.3 Å². The maximum atomic E-state index is 13.0. The fourth-order valence-electron chi connectivity index (χ4n) is 4.14. The van der Waals surface area contributed by atoms with Gasteiger partial charge in [-0.05, 0) is 36.9 Å². The van der Waals surface area contributed by atoms with Crippen LogP contribution in [0, 0.1) is 11.3 Å². The number of carbonyl (C=O) groups is 1. The molecule has 2 atom stereocenters. The van der Waals surface area contributed by atoms with Crippen LogP contribution in [0.15, 0.2) is 29.2 Å². The lowest BCUT2D eigenvalue weighted by Crippen LogP contribution is -2.47. The normalized spacial score (nSPS) is 25.4. The van der Waals surface area contributed by atoms with Crippen molar-refractivity contribution in [3.8, 4) is 0 Å². The van der Waals surface area contributed by atoms with E-state index in [0.717, 1.165) is 32.4 Å². The zero-order valence-electron chi connectivity index (χ0n) is 15.3. The lowest BCUT2D eigenvalue weighted by molar-refractivity contribution is -0.134. The van der Waals surface area contributed by atoms with Crippen molar-refractivity contribution >= 4 is 28.3 Å². The second kappa shape index (κ2) is 8.25. The predicted molar refractivity (Wildman–Crippen MR) is 104 cm³/mol. The van der Waals surface area contributed by atoms with Gasteiger partial charge in [0, 0.05) is 27.2 Å². The standard InChI is InChI=1S/C18H27N3O3S.ClH/c1-21(2)25(23,24)16-9-4-3-7-14(16)11-20-17(22)18-10-6-5-8-15(18)12-19-13-18;/h3-4,7,9,15,19H,5-6,8,10-13H2,1-2H3,(H,20,22);1H/t15-,18+;/m0./s1. The van der Waals surface area contributed by atoms with Gasteiger partial charge in [0.15, 0.2) is 0 Å². The summed E-state index contributed by atoms with van der Waals surface area (Å²) < 4.78 is 26.2. The molecule has 1 amide bonds. The third-order valence-corrected chi connectivity index (χ3v) is 7.58. The van der Waals surface area contributed by atoms with E-state index in [9.17, 15) is 13.2 Å². The SMILES string of the molecule is CN(C)S(=O)(=O)c1ccccc1CNC(=O)[C@@]12CCCC[C@H]1CNC2.Cl. The third-order valence-electron chi connectivity index (χ3n) is 5.66. The number of nitrogens with one attached hydrogen (secondary N) is 2. The minimum Gasteiger partial charge on any atom is -0.351 e. The van der Waals surface area contributed by atoms with Crippen LogP contribution in [0.5, 0.6) is 0 Å². The van der Waals surface area contributed by atoms with E-state index in [4.69, 9.17) is 0 Å². The van der Waals surface area contributed by atoms with Gasteiger partial charge < -0.3 is 10.6 Å². The summed E-state index contributed by atoms with van der Waals surface area (Å²) in [6.07, 6.45) is 4.27. The minimum absolute atomic E-state index is 0. The molecule has 0 radical (unpaired) electrons. The maximum Gasteiger partial charge on any atom is 0.242 e. The van der Waals surface area contributed by atoms with E-state index in [1.165, 1.54) is 24.8 Å². The Labute approximate surface area is 162 Å². The van der Waals surface area contributed by atoms with E-state index >= 15 is 0 Å². The van der Waals surface area contributed by atoms with E-state index in [0.29, 0.717) is 11.5 Å². The monoisotopic (exact) mass is 401 g/mol. The van der Waals surface area contributed by atoms with Crippen LogP contribution in [0.3, 0.4) is 0 Å². The van der Waals surface area contributed by atoms with Crippen LogP contribution >= 0.6 is 12.4 Å². The van der Waals surface area contributed by atoms with Gasteiger partial charge in [-0.3, -0.25) is 4.79 Å². The molecule has 1 saturated carbocycles. The van der Waals surface area contributed by atoms with Gasteiger partial charge in [0.05, 0.1) is 10.3 Å². The first kappa shape index (κ1) is 21.2. The third kappa shape index (κ3) is 3.76. The summed E-state index contributed by atoms with van der Waals surface area (Å²) in [6, 6.07) is 6.86. The molecule has 1 aliphatic heterocycles. The second-order valence-corrected chi connectivity index (χ2v) is 9.43. The summed E-state index contributed by atoms with van der Waals surface area (Å²) in [5.74, 6) is 0.446. The number of fused-ring (bicyclic) bond motifs is 1. The lowest BCUT2D eigenvalue weighted by Gasteiger charge is -2.37. The Morgan fingerprint density at radius 2 is 2.04 bits per heavy atom. The van der Waals surface area contributed by atoms with Gasteiger partial charge in [-0.25, -0.2) is 12.7 Å². The van der Waals surface area contributed by atoms with Gasteiger partial charge in [-0.1, -0.05) is 31.0 Å². The average molecular weight is 402 g/mol. The molecule has 1 heterocycles. The summed E-state index contributed by atoms with van der Waals surface area (Å²) >= 11 is 0. The zero-order valence-corrected chi connectivity index (χ0v) is 17.0. The van der Waals surface area contributed by atoms with Crippen molar-refractivity contribution in [1.82, 2.24) is 14.9 Å². The molecule has 1 aromatic rings. The summed E-state index contributed by atoms with van der Waals surface area (Å²) in [4.78, 5) is 13.2. The Bertz CT molecular complexity index is 754. The van der Waals surface area contributed by atoms with Crippen molar-refractivity contribution in [3.05, 3.63) is 29.8 Å². The van der Waals surface area contributed by atoms with Gasteiger partial charge in [0.2, 0.25) is 15.9 Å². The highest BCUT2D eigenvalue weighted by Crippen LogP contribution is 2.43. The molecule has 0 unspecified atom stereocenters. The quantitative estimate of drug-likeness (QED) is 0.787. The van der Waals surface area contributed by atoms with E-state index in [1.54, 1.807) is 24.3 Å². The fraction of sp³-hybridized carbons (Fsp3) is 0.611. The predicted octanol–water partition coefficient (Wildman–Crippen LogP) is 1.75. The molecule has 0 bridgehead atoms. The summed E-state index contributed by atoms with van der Waals surface area (Å²) in [6.45, 7) is 1.86. The Balaban J connectivity index is 0.00000243. The number of rotatable bonds is 5. The van der Waals surface area contributed by atoms with Gasteiger partial charge in [0.25, 0.3) is 0 Å². The topological polar surface area (TPSA) is 78.5 Å². The summed E-state index contributed by atoms with van der Waals surface area (Å²) in [5.41, 5.74) is 0.299. The Kier molecular flexibility index (Phi) is 6.71. The molecule has 146 valence electrons. The number of amides is 1. The number of sulfonamides is 1. The summed E-state index contributed by atoms with van der Waals surface area (Å²) in [7, 11) is -0.501. The zero-order chi connectivity index (χ0) is 18.1. The molecular formula is C18H28ClN3O3S. The van der Waals surface area contributed by atoms with E-state index in [1.807, 2.05) is 0 Å². The van der Waals surface area contributed by atoms with Crippen molar-refractivity contribution in [2.45, 2.75) is 37.1 Å². The van der Waals surface area contributed by atoms with Gasteiger partial charge >= 0.3 is 0 Å². The van der Waals surface area contributed by atoms with E-state index in [2.05, 4.69) is 10.6 Å². The molecule has 1 saturated heterocycles. The molecule has 0 aromatic heterocycles. The van der Waals surface area contributed by atoms with Crippen LogP contribution < -0.4 is 10.6 Å². The highest BCUT2D eigenvalue weighted by atomic mass is 35.5. The minimum atomic E-state index is -3.53. The molecule has 2 aliphatic rings. The van der Waals surface area contributed by atoms with Crippen molar-refractivity contribution in [1.29, 1.82) is 0 Å². The number of hydrogen-bond acceptors (Lipinski definition) is 4. The summed E-state index contributed by atoms with van der Waals surface area (Å²) in [5, 5.41) is 6.39. The molecule has 1 aliphatic carbocycles. The molecule has 26 heavy (non-hydrogen) atoms. The number of halogens is 1. The molecule has 2 fully saturated rings. The smallest absolute Gasteiger partial charge is 0.242 e. The molecule has 2 N–H and O–H groups in total. The first-order valence-electron chi connectivity index (χ1n) is 8.87. The van der Waals surface area contributed by atoms with Crippen molar-refractivity contribution < 1.29 is 13.2 Å². The van der Waals surface area contributed by atoms with Crippen LogP contribution in [0.4, 0.5) is 0 Å². The molecule has 1 aromatic carbocycles. The molecule has 3 rings (SSSR count). The largest absolute Gasteiger partial charge is 0.351 e. The average Bonchev–Trinajstić information content (AvgIpc) is 3.05. The van der Waals surface area contributed by atoms with Gasteiger partial charge in [0.1, 0.15) is 0 Å². The highest BCUT2D eigenvalue weighted by Gasteiger charge is 2.49. The lowest BCUT2D eigenvalue weighted by atomic mass is 9.67. The van der Waals surface area contributed by atoms with E-state index in [-0.39, 0.29) is 35.2 Å². The Hall–Kier alpha value is -1.15. The molecule has 8 heteroatoms. The van der Waals surface area contributed by atoms with Gasteiger partial charge in [-0.2, -0.15) is 0 Å². The first-order chi connectivity index (χ1) is 11.9. The van der Waals surface area contributed by atoms with Crippen molar-refractivity contribution in [2.75, 3.05) is 27.2 Å². The van der Waals surface area contributed by atoms with Crippen LogP contribution in [0.25, 0.3) is 0 Å². The van der Waals surface area contributed by atoms with Crippen LogP contribution in [-0.4, -0.2) is 45.8 Å².